The van der Waals surface area contributed by atoms with E-state index in [0.29, 0.717) is 12.2 Å². The number of nitrogens with two attached hydrogens (primary N) is 1. The zero-order valence-corrected chi connectivity index (χ0v) is 9.16. The molecule has 1 aromatic rings. The number of carbonyl (C=O) groups is 1. The molecular formula is C11H17N3O. The number of nitrogens with zero attached hydrogens (tertiary/aromatic N) is 1. The van der Waals surface area contributed by atoms with Crippen LogP contribution in [0.2, 0.25) is 0 Å². The molecule has 1 amide bonds. The van der Waals surface area contributed by atoms with Gasteiger partial charge in [-0.05, 0) is 25.5 Å². The van der Waals surface area contributed by atoms with Crippen molar-refractivity contribution in [1.29, 1.82) is 0 Å². The van der Waals surface area contributed by atoms with Gasteiger partial charge in [0.05, 0.1) is 0 Å². The molecule has 0 aromatic carbocycles. The summed E-state index contributed by atoms with van der Waals surface area (Å²) < 4.78 is 0. The first-order valence-corrected chi connectivity index (χ1v) is 5.12. The Morgan fingerprint density at radius 3 is 2.87 bits per heavy atom. The van der Waals surface area contributed by atoms with E-state index in [2.05, 4.69) is 10.3 Å². The van der Waals surface area contributed by atoms with Gasteiger partial charge in [-0.25, -0.2) is 4.98 Å². The zero-order valence-electron chi connectivity index (χ0n) is 9.16. The number of aryl methyl sites for hydroxylation is 1. The van der Waals surface area contributed by atoms with Crippen LogP contribution in [0.15, 0.2) is 18.2 Å². The third kappa shape index (κ3) is 3.32. The van der Waals surface area contributed by atoms with Crippen LogP contribution >= 0.6 is 0 Å². The van der Waals surface area contributed by atoms with Gasteiger partial charge in [0.1, 0.15) is 5.69 Å². The Balaban J connectivity index is 2.68. The van der Waals surface area contributed by atoms with Gasteiger partial charge in [-0.2, -0.15) is 0 Å². The van der Waals surface area contributed by atoms with Crippen LogP contribution in [0.4, 0.5) is 0 Å². The van der Waals surface area contributed by atoms with Gasteiger partial charge in [0, 0.05) is 18.3 Å². The molecule has 1 aromatic heterocycles. The number of hydrogen-bond donors (Lipinski definition) is 2. The highest BCUT2D eigenvalue weighted by Crippen LogP contribution is 1.99. The molecule has 4 nitrogen and oxygen atoms in total. The molecular weight excluding hydrogens is 190 g/mol. The Labute approximate surface area is 89.9 Å². The third-order valence-electron chi connectivity index (χ3n) is 2.23. The molecule has 1 heterocycles. The van der Waals surface area contributed by atoms with Crippen LogP contribution in [0.3, 0.4) is 0 Å². The van der Waals surface area contributed by atoms with Gasteiger partial charge in [0.25, 0.3) is 5.91 Å². The van der Waals surface area contributed by atoms with Crippen molar-refractivity contribution in [2.75, 3.05) is 6.54 Å². The summed E-state index contributed by atoms with van der Waals surface area (Å²) >= 11 is 0. The van der Waals surface area contributed by atoms with Gasteiger partial charge >= 0.3 is 0 Å². The van der Waals surface area contributed by atoms with E-state index in [1.165, 1.54) is 0 Å². The molecule has 1 rings (SSSR count). The fourth-order valence-corrected chi connectivity index (χ4v) is 1.26. The van der Waals surface area contributed by atoms with Crippen molar-refractivity contribution in [2.45, 2.75) is 26.3 Å². The summed E-state index contributed by atoms with van der Waals surface area (Å²) in [5.41, 5.74) is 6.79. The van der Waals surface area contributed by atoms with Crippen molar-refractivity contribution in [3.05, 3.63) is 29.6 Å². The predicted octanol–water partition coefficient (Wildman–Crippen LogP) is 0.857. The average molecular weight is 207 g/mol. The molecule has 1 unspecified atom stereocenters. The quantitative estimate of drug-likeness (QED) is 0.769. The lowest BCUT2D eigenvalue weighted by Crippen LogP contribution is -2.40. The first-order valence-electron chi connectivity index (χ1n) is 5.12. The molecule has 82 valence electrons. The fraction of sp³-hybridized carbons (Fsp3) is 0.455. The first-order chi connectivity index (χ1) is 7.17. The van der Waals surface area contributed by atoms with E-state index in [-0.39, 0.29) is 11.9 Å². The summed E-state index contributed by atoms with van der Waals surface area (Å²) in [5, 5.41) is 2.83. The van der Waals surface area contributed by atoms with Gasteiger partial charge in [-0.3, -0.25) is 4.79 Å². The molecule has 0 radical (unpaired) electrons. The van der Waals surface area contributed by atoms with Crippen molar-refractivity contribution in [1.82, 2.24) is 10.3 Å². The third-order valence-corrected chi connectivity index (χ3v) is 2.23. The van der Waals surface area contributed by atoms with Crippen LogP contribution in [0.25, 0.3) is 0 Å². The van der Waals surface area contributed by atoms with Crippen LogP contribution in [-0.4, -0.2) is 23.5 Å². The lowest BCUT2D eigenvalue weighted by atomic mass is 10.2. The van der Waals surface area contributed by atoms with Crippen molar-refractivity contribution in [3.8, 4) is 0 Å². The maximum Gasteiger partial charge on any atom is 0.270 e. The fourth-order valence-electron chi connectivity index (χ4n) is 1.26. The number of rotatable bonds is 4. The molecule has 0 bridgehead atoms. The number of nitrogens with one attached hydrogen (secondary N) is 1. The average Bonchev–Trinajstić information content (AvgIpc) is 2.25. The number of aromatic nitrogens is 1. The Bertz CT molecular complexity index is 334. The minimum atomic E-state index is -0.156. The zero-order chi connectivity index (χ0) is 11.3. The smallest absolute Gasteiger partial charge is 0.270 e. The van der Waals surface area contributed by atoms with Crippen molar-refractivity contribution in [2.24, 2.45) is 5.73 Å². The molecule has 0 fully saturated rings. The number of amides is 1. The van der Waals surface area contributed by atoms with E-state index >= 15 is 0 Å². The number of hydrogen-bond acceptors (Lipinski definition) is 3. The standard InChI is InChI=1S/C11H17N3O/c1-3-9(7-12)14-11(15)10-6-4-5-8(2)13-10/h4-6,9H,3,7,12H2,1-2H3,(H,14,15). The van der Waals surface area contributed by atoms with Gasteiger partial charge in [-0.1, -0.05) is 13.0 Å². The number of carbonyl (C=O) groups excluding carboxylic acids is 1. The molecule has 0 aliphatic rings. The minimum Gasteiger partial charge on any atom is -0.347 e. The summed E-state index contributed by atoms with van der Waals surface area (Å²) in [6.45, 7) is 4.30. The molecule has 0 saturated heterocycles. The highest BCUT2D eigenvalue weighted by atomic mass is 16.1. The topological polar surface area (TPSA) is 68.0 Å². The van der Waals surface area contributed by atoms with E-state index in [9.17, 15) is 4.79 Å². The molecule has 0 spiro atoms. The second-order valence-electron chi connectivity index (χ2n) is 3.48. The van der Waals surface area contributed by atoms with Crippen LogP contribution in [0.1, 0.15) is 29.5 Å². The lowest BCUT2D eigenvalue weighted by Gasteiger charge is -2.14. The predicted molar refractivity (Wildman–Crippen MR) is 59.6 cm³/mol. The van der Waals surface area contributed by atoms with E-state index < -0.39 is 0 Å². The molecule has 1 atom stereocenters. The largest absolute Gasteiger partial charge is 0.347 e. The molecule has 15 heavy (non-hydrogen) atoms. The highest BCUT2D eigenvalue weighted by Gasteiger charge is 2.11. The van der Waals surface area contributed by atoms with E-state index in [4.69, 9.17) is 5.73 Å². The lowest BCUT2D eigenvalue weighted by molar-refractivity contribution is 0.0932. The summed E-state index contributed by atoms with van der Waals surface area (Å²) in [7, 11) is 0. The van der Waals surface area contributed by atoms with Crippen molar-refractivity contribution < 1.29 is 4.79 Å². The van der Waals surface area contributed by atoms with Crippen molar-refractivity contribution >= 4 is 5.91 Å². The summed E-state index contributed by atoms with van der Waals surface area (Å²) in [4.78, 5) is 15.8. The Morgan fingerprint density at radius 1 is 1.60 bits per heavy atom. The first kappa shape index (κ1) is 11.7. The second-order valence-corrected chi connectivity index (χ2v) is 3.48. The van der Waals surface area contributed by atoms with Gasteiger partial charge in [0.2, 0.25) is 0 Å². The number of pyridine rings is 1. The van der Waals surface area contributed by atoms with E-state index in [0.717, 1.165) is 12.1 Å². The highest BCUT2D eigenvalue weighted by molar-refractivity contribution is 5.92. The molecule has 0 aliphatic carbocycles. The monoisotopic (exact) mass is 207 g/mol. The van der Waals surface area contributed by atoms with Gasteiger partial charge in [0.15, 0.2) is 0 Å². The molecule has 0 saturated carbocycles. The Morgan fingerprint density at radius 2 is 2.33 bits per heavy atom. The molecule has 0 aliphatic heterocycles. The van der Waals surface area contributed by atoms with E-state index in [1.54, 1.807) is 6.07 Å². The Kier molecular flexibility index (Phi) is 4.24. The molecule has 3 N–H and O–H groups in total. The van der Waals surface area contributed by atoms with Gasteiger partial charge < -0.3 is 11.1 Å². The Hall–Kier alpha value is -1.42. The van der Waals surface area contributed by atoms with Crippen LogP contribution < -0.4 is 11.1 Å². The summed E-state index contributed by atoms with van der Waals surface area (Å²) in [5.74, 6) is -0.156. The summed E-state index contributed by atoms with van der Waals surface area (Å²) in [6.07, 6.45) is 0.827. The maximum atomic E-state index is 11.7. The second kappa shape index (κ2) is 5.46. The maximum absolute atomic E-state index is 11.7. The van der Waals surface area contributed by atoms with Crippen LogP contribution in [0, 0.1) is 6.92 Å². The van der Waals surface area contributed by atoms with Gasteiger partial charge in [-0.15, -0.1) is 0 Å². The summed E-state index contributed by atoms with van der Waals surface area (Å²) in [6, 6.07) is 5.41. The van der Waals surface area contributed by atoms with Crippen LogP contribution in [-0.2, 0) is 0 Å². The normalized spacial score (nSPS) is 12.2. The van der Waals surface area contributed by atoms with Crippen molar-refractivity contribution in [3.63, 3.8) is 0 Å². The molecule has 4 heteroatoms. The van der Waals surface area contributed by atoms with Crippen LogP contribution in [0.5, 0.6) is 0 Å². The SMILES string of the molecule is CCC(CN)NC(=O)c1cccc(C)n1. The minimum absolute atomic E-state index is 0.0276. The van der Waals surface area contributed by atoms with E-state index in [1.807, 2.05) is 26.0 Å².